The molecule has 1 amide bonds. The van der Waals surface area contributed by atoms with Gasteiger partial charge < -0.3 is 10.5 Å². The molecule has 0 aromatic rings. The SMILES string of the molecule is COC(=O)CC1(CS(=O)CC(N)=O)CC1. The monoisotopic (exact) mass is 233 g/mol. The van der Waals surface area contributed by atoms with Gasteiger partial charge in [-0.25, -0.2) is 0 Å². The van der Waals surface area contributed by atoms with Crippen LogP contribution in [0.3, 0.4) is 0 Å². The Hall–Kier alpha value is -0.910. The molecular weight excluding hydrogens is 218 g/mol. The van der Waals surface area contributed by atoms with Crippen LogP contribution >= 0.6 is 0 Å². The van der Waals surface area contributed by atoms with Crippen molar-refractivity contribution < 1.29 is 18.5 Å². The minimum absolute atomic E-state index is 0.122. The quantitative estimate of drug-likeness (QED) is 0.630. The van der Waals surface area contributed by atoms with Crippen LogP contribution in [0.25, 0.3) is 0 Å². The lowest BCUT2D eigenvalue weighted by Crippen LogP contribution is -2.25. The summed E-state index contributed by atoms with van der Waals surface area (Å²) in [4.78, 5) is 21.6. The Labute approximate surface area is 90.8 Å². The number of carbonyl (C=O) groups is 2. The molecule has 1 aliphatic rings. The highest BCUT2D eigenvalue weighted by molar-refractivity contribution is 7.85. The van der Waals surface area contributed by atoms with E-state index in [9.17, 15) is 13.8 Å². The predicted octanol–water partition coefficient (Wildman–Crippen LogP) is -0.436. The Morgan fingerprint density at radius 1 is 1.47 bits per heavy atom. The molecule has 86 valence electrons. The maximum atomic E-state index is 11.4. The summed E-state index contributed by atoms with van der Waals surface area (Å²) in [5.74, 6) is -0.612. The molecule has 0 aliphatic heterocycles. The van der Waals surface area contributed by atoms with E-state index in [1.165, 1.54) is 7.11 Å². The van der Waals surface area contributed by atoms with Crippen LogP contribution in [-0.4, -0.2) is 34.7 Å². The number of rotatable bonds is 6. The summed E-state index contributed by atoms with van der Waals surface area (Å²) < 4.78 is 16.0. The standard InChI is InChI=1S/C9H15NO4S/c1-14-8(12)4-9(2-3-9)6-15(13)5-7(10)11/h2-6H2,1H3,(H2,10,11). The van der Waals surface area contributed by atoms with Gasteiger partial charge in [-0.15, -0.1) is 0 Å². The van der Waals surface area contributed by atoms with E-state index in [2.05, 4.69) is 4.74 Å². The number of amides is 1. The summed E-state index contributed by atoms with van der Waals surface area (Å²) in [6.45, 7) is 0. The van der Waals surface area contributed by atoms with Crippen molar-refractivity contribution in [3.63, 3.8) is 0 Å². The van der Waals surface area contributed by atoms with Gasteiger partial charge in [0, 0.05) is 16.6 Å². The van der Waals surface area contributed by atoms with Crippen molar-refractivity contribution in [1.29, 1.82) is 0 Å². The molecule has 0 aromatic carbocycles. The lowest BCUT2D eigenvalue weighted by molar-refractivity contribution is -0.141. The minimum atomic E-state index is -1.26. The van der Waals surface area contributed by atoms with Gasteiger partial charge in [0.1, 0.15) is 5.75 Å². The van der Waals surface area contributed by atoms with Crippen molar-refractivity contribution in [3.8, 4) is 0 Å². The van der Waals surface area contributed by atoms with Gasteiger partial charge in [-0.1, -0.05) is 0 Å². The molecule has 0 radical (unpaired) electrons. The summed E-state index contributed by atoms with van der Waals surface area (Å²) in [5, 5.41) is 0. The van der Waals surface area contributed by atoms with Crippen LogP contribution in [-0.2, 0) is 25.1 Å². The topological polar surface area (TPSA) is 86.5 Å². The summed E-state index contributed by atoms with van der Waals surface area (Å²) in [5.41, 5.74) is 4.74. The molecule has 0 aromatic heterocycles. The van der Waals surface area contributed by atoms with Crippen molar-refractivity contribution in [2.75, 3.05) is 18.6 Å². The number of methoxy groups -OCH3 is 1. The molecule has 1 saturated carbocycles. The van der Waals surface area contributed by atoms with Crippen LogP contribution in [0.5, 0.6) is 0 Å². The van der Waals surface area contributed by atoms with Crippen LogP contribution in [0.1, 0.15) is 19.3 Å². The Bertz CT molecular complexity index is 298. The second kappa shape index (κ2) is 4.74. The van der Waals surface area contributed by atoms with E-state index in [-0.39, 0.29) is 23.6 Å². The zero-order valence-corrected chi connectivity index (χ0v) is 9.47. The number of esters is 1. The first-order valence-corrected chi connectivity index (χ1v) is 6.16. The van der Waals surface area contributed by atoms with Gasteiger partial charge in [-0.05, 0) is 18.3 Å². The van der Waals surface area contributed by atoms with E-state index in [0.717, 1.165) is 12.8 Å². The van der Waals surface area contributed by atoms with Gasteiger partial charge in [0.05, 0.1) is 13.5 Å². The molecular formula is C9H15NO4S. The normalized spacial score (nSPS) is 19.3. The number of hydrogen-bond donors (Lipinski definition) is 1. The van der Waals surface area contributed by atoms with Gasteiger partial charge in [-0.2, -0.15) is 0 Å². The van der Waals surface area contributed by atoms with E-state index in [1.807, 2.05) is 0 Å². The largest absolute Gasteiger partial charge is 0.469 e. The van der Waals surface area contributed by atoms with E-state index >= 15 is 0 Å². The zero-order chi connectivity index (χ0) is 11.5. The average Bonchev–Trinajstić information content (AvgIpc) is 2.82. The second-order valence-corrected chi connectivity index (χ2v) is 5.40. The van der Waals surface area contributed by atoms with Crippen LogP contribution in [0.4, 0.5) is 0 Å². The fourth-order valence-electron chi connectivity index (χ4n) is 1.48. The highest BCUT2D eigenvalue weighted by Gasteiger charge is 2.45. The Balaban J connectivity index is 2.40. The molecule has 1 unspecified atom stereocenters. The number of carbonyl (C=O) groups excluding carboxylic acids is 2. The van der Waals surface area contributed by atoms with Crippen molar-refractivity contribution in [3.05, 3.63) is 0 Å². The van der Waals surface area contributed by atoms with Crippen molar-refractivity contribution in [1.82, 2.24) is 0 Å². The first-order valence-electron chi connectivity index (χ1n) is 4.67. The highest BCUT2D eigenvalue weighted by atomic mass is 32.2. The van der Waals surface area contributed by atoms with Gasteiger partial charge >= 0.3 is 5.97 Å². The summed E-state index contributed by atoms with van der Waals surface area (Å²) in [6.07, 6.45) is 2.02. The molecule has 0 bridgehead atoms. The lowest BCUT2D eigenvalue weighted by Gasteiger charge is -2.12. The molecule has 1 atom stereocenters. The van der Waals surface area contributed by atoms with Crippen LogP contribution in [0.2, 0.25) is 0 Å². The van der Waals surface area contributed by atoms with Gasteiger partial charge in [0.25, 0.3) is 0 Å². The van der Waals surface area contributed by atoms with Gasteiger partial charge in [0.2, 0.25) is 5.91 Å². The zero-order valence-electron chi connectivity index (χ0n) is 8.65. The summed E-state index contributed by atoms with van der Waals surface area (Å²) in [6, 6.07) is 0. The third-order valence-electron chi connectivity index (χ3n) is 2.47. The fraction of sp³-hybridized carbons (Fsp3) is 0.778. The maximum absolute atomic E-state index is 11.4. The molecule has 1 rings (SSSR count). The first kappa shape index (κ1) is 12.2. The Morgan fingerprint density at radius 2 is 2.07 bits per heavy atom. The smallest absolute Gasteiger partial charge is 0.306 e. The van der Waals surface area contributed by atoms with Gasteiger partial charge in [-0.3, -0.25) is 13.8 Å². The Morgan fingerprint density at radius 3 is 2.47 bits per heavy atom. The van der Waals surface area contributed by atoms with Crippen LogP contribution in [0, 0.1) is 5.41 Å². The summed E-state index contributed by atoms with van der Waals surface area (Å²) >= 11 is 0. The van der Waals surface area contributed by atoms with E-state index in [4.69, 9.17) is 5.73 Å². The molecule has 1 aliphatic carbocycles. The molecule has 0 saturated heterocycles. The molecule has 1 fully saturated rings. The van der Waals surface area contributed by atoms with E-state index in [1.54, 1.807) is 0 Å². The molecule has 6 heteroatoms. The molecule has 5 nitrogen and oxygen atoms in total. The second-order valence-electron chi connectivity index (χ2n) is 3.95. The van der Waals surface area contributed by atoms with Crippen LogP contribution < -0.4 is 5.73 Å². The van der Waals surface area contributed by atoms with Crippen molar-refractivity contribution >= 4 is 22.7 Å². The molecule has 0 spiro atoms. The average molecular weight is 233 g/mol. The highest BCUT2D eigenvalue weighted by Crippen LogP contribution is 2.49. The third-order valence-corrected chi connectivity index (χ3v) is 4.02. The first-order chi connectivity index (χ1) is 6.97. The molecule has 15 heavy (non-hydrogen) atoms. The lowest BCUT2D eigenvalue weighted by atomic mass is 10.1. The number of ether oxygens (including phenoxy) is 1. The van der Waals surface area contributed by atoms with Crippen LogP contribution in [0.15, 0.2) is 0 Å². The number of primary amides is 1. The molecule has 0 heterocycles. The number of hydrogen-bond acceptors (Lipinski definition) is 4. The van der Waals surface area contributed by atoms with Gasteiger partial charge in [0.15, 0.2) is 0 Å². The van der Waals surface area contributed by atoms with E-state index in [0.29, 0.717) is 5.75 Å². The number of nitrogens with two attached hydrogens (primary N) is 1. The minimum Gasteiger partial charge on any atom is -0.469 e. The van der Waals surface area contributed by atoms with Crippen molar-refractivity contribution in [2.24, 2.45) is 11.1 Å². The third kappa shape index (κ3) is 3.99. The molecule has 2 N–H and O–H groups in total. The fourth-order valence-corrected chi connectivity index (χ4v) is 2.97. The summed E-state index contributed by atoms with van der Waals surface area (Å²) in [7, 11) is 0.0743. The van der Waals surface area contributed by atoms with Crippen molar-refractivity contribution in [2.45, 2.75) is 19.3 Å². The van der Waals surface area contributed by atoms with E-state index < -0.39 is 16.7 Å². The maximum Gasteiger partial charge on any atom is 0.306 e. The Kier molecular flexibility index (Phi) is 3.84. The predicted molar refractivity (Wildman–Crippen MR) is 55.4 cm³/mol.